The van der Waals surface area contributed by atoms with Crippen molar-refractivity contribution in [3.05, 3.63) is 24.8 Å². The molecular formula is C11H17N3S. The van der Waals surface area contributed by atoms with Gasteiger partial charge in [0.25, 0.3) is 0 Å². The molecule has 0 atom stereocenters. The molecule has 82 valence electrons. The maximum Gasteiger partial charge on any atom is 0.151 e. The number of nitrogens with zero attached hydrogens (tertiary/aromatic N) is 3. The van der Waals surface area contributed by atoms with Crippen LogP contribution >= 0.6 is 11.8 Å². The van der Waals surface area contributed by atoms with Gasteiger partial charge in [0, 0.05) is 18.8 Å². The van der Waals surface area contributed by atoms with Crippen molar-refractivity contribution >= 4 is 17.6 Å². The van der Waals surface area contributed by atoms with Gasteiger partial charge in [-0.25, -0.2) is 0 Å². The monoisotopic (exact) mass is 223 g/mol. The maximum absolute atomic E-state index is 4.19. The van der Waals surface area contributed by atoms with Crippen LogP contribution in [0.1, 0.15) is 13.8 Å². The fraction of sp³-hybridized carbons (Fsp3) is 0.455. The van der Waals surface area contributed by atoms with Crippen LogP contribution in [0.2, 0.25) is 0 Å². The zero-order valence-electron chi connectivity index (χ0n) is 9.31. The van der Waals surface area contributed by atoms with Crippen molar-refractivity contribution in [2.24, 2.45) is 0 Å². The lowest BCUT2D eigenvalue weighted by Crippen LogP contribution is -2.23. The quantitative estimate of drug-likeness (QED) is 0.547. The molecule has 1 aromatic heterocycles. The molecule has 0 saturated heterocycles. The van der Waals surface area contributed by atoms with E-state index < -0.39 is 0 Å². The van der Waals surface area contributed by atoms with E-state index in [9.17, 15) is 0 Å². The lowest BCUT2D eigenvalue weighted by Gasteiger charge is -2.18. The van der Waals surface area contributed by atoms with Crippen molar-refractivity contribution in [1.82, 2.24) is 10.2 Å². The van der Waals surface area contributed by atoms with E-state index in [1.807, 2.05) is 18.2 Å². The highest BCUT2D eigenvalue weighted by atomic mass is 32.2. The summed E-state index contributed by atoms with van der Waals surface area (Å²) in [7, 11) is 0. The van der Waals surface area contributed by atoms with Crippen molar-refractivity contribution < 1.29 is 0 Å². The summed E-state index contributed by atoms with van der Waals surface area (Å²) >= 11 is 1.65. The van der Waals surface area contributed by atoms with Crippen molar-refractivity contribution in [3.8, 4) is 0 Å². The molecule has 0 N–H and O–H groups in total. The summed E-state index contributed by atoms with van der Waals surface area (Å²) in [6, 6.07) is 4.03. The van der Waals surface area contributed by atoms with Gasteiger partial charge in [0.05, 0.1) is 0 Å². The molecule has 4 heteroatoms. The van der Waals surface area contributed by atoms with Gasteiger partial charge in [-0.3, -0.25) is 0 Å². The van der Waals surface area contributed by atoms with Crippen LogP contribution in [0.25, 0.3) is 0 Å². The summed E-state index contributed by atoms with van der Waals surface area (Å²) in [4.78, 5) is 2.18. The Morgan fingerprint density at radius 2 is 2.07 bits per heavy atom. The molecule has 0 saturated carbocycles. The molecule has 0 fully saturated rings. The van der Waals surface area contributed by atoms with Gasteiger partial charge in [-0.2, -0.15) is 0 Å². The van der Waals surface area contributed by atoms with Crippen molar-refractivity contribution in [3.63, 3.8) is 0 Å². The largest absolute Gasteiger partial charge is 0.356 e. The van der Waals surface area contributed by atoms with Crippen molar-refractivity contribution in [1.29, 1.82) is 0 Å². The molecule has 0 aliphatic rings. The molecule has 0 aliphatic heterocycles. The third-order valence-corrected chi connectivity index (χ3v) is 2.98. The molecule has 0 aromatic carbocycles. The van der Waals surface area contributed by atoms with Crippen LogP contribution in [-0.4, -0.2) is 29.0 Å². The molecule has 0 unspecified atom stereocenters. The maximum atomic E-state index is 4.19. The predicted molar refractivity (Wildman–Crippen MR) is 66.5 cm³/mol. The van der Waals surface area contributed by atoms with Crippen LogP contribution in [0.15, 0.2) is 29.8 Å². The molecule has 0 bridgehead atoms. The minimum absolute atomic E-state index is 0.874. The first-order valence-corrected chi connectivity index (χ1v) is 6.12. The molecule has 3 nitrogen and oxygen atoms in total. The van der Waals surface area contributed by atoms with E-state index >= 15 is 0 Å². The molecule has 15 heavy (non-hydrogen) atoms. The van der Waals surface area contributed by atoms with Crippen molar-refractivity contribution in [2.45, 2.75) is 18.9 Å². The number of aromatic nitrogens is 2. The molecule has 0 amide bonds. The van der Waals surface area contributed by atoms with E-state index in [0.29, 0.717) is 0 Å². The topological polar surface area (TPSA) is 29.0 Å². The van der Waals surface area contributed by atoms with Gasteiger partial charge in [0.15, 0.2) is 5.82 Å². The fourth-order valence-corrected chi connectivity index (χ4v) is 1.80. The highest BCUT2D eigenvalue weighted by Gasteiger charge is 2.03. The van der Waals surface area contributed by atoms with Gasteiger partial charge in [0.2, 0.25) is 0 Å². The highest BCUT2D eigenvalue weighted by Crippen LogP contribution is 2.16. The summed E-state index contributed by atoms with van der Waals surface area (Å²) in [5, 5.41) is 9.30. The zero-order chi connectivity index (χ0) is 11.1. The second-order valence-corrected chi connectivity index (χ2v) is 4.04. The molecule has 0 aliphatic carbocycles. The van der Waals surface area contributed by atoms with E-state index in [2.05, 4.69) is 35.5 Å². The number of hydrogen-bond donors (Lipinski definition) is 0. The van der Waals surface area contributed by atoms with Crippen LogP contribution in [0.4, 0.5) is 5.82 Å². The Labute approximate surface area is 95.6 Å². The minimum atomic E-state index is 0.874. The Hall–Kier alpha value is -1.03. The van der Waals surface area contributed by atoms with Crippen molar-refractivity contribution in [2.75, 3.05) is 23.7 Å². The Morgan fingerprint density at radius 3 is 2.53 bits per heavy atom. The third kappa shape index (κ3) is 3.55. The van der Waals surface area contributed by atoms with E-state index in [4.69, 9.17) is 0 Å². The zero-order valence-corrected chi connectivity index (χ0v) is 10.1. The standard InChI is InChI=1S/C11H17N3S/c1-4-9-15-11-8-7-10(12-13-11)14(5-2)6-3/h4,7-8H,1,5-6,9H2,2-3H3. The van der Waals surface area contributed by atoms with Crippen LogP contribution in [-0.2, 0) is 0 Å². The molecule has 1 heterocycles. The lowest BCUT2D eigenvalue weighted by atomic mass is 10.4. The van der Waals surface area contributed by atoms with Crippen LogP contribution in [0.5, 0.6) is 0 Å². The Kier molecular flexibility index (Phi) is 5.18. The SMILES string of the molecule is C=CCSc1ccc(N(CC)CC)nn1. The lowest BCUT2D eigenvalue weighted by molar-refractivity contribution is 0.807. The van der Waals surface area contributed by atoms with E-state index in [0.717, 1.165) is 29.7 Å². The summed E-state index contributed by atoms with van der Waals surface area (Å²) in [5.41, 5.74) is 0. The molecular weight excluding hydrogens is 206 g/mol. The summed E-state index contributed by atoms with van der Waals surface area (Å²) in [6.07, 6.45) is 1.87. The third-order valence-electron chi connectivity index (χ3n) is 2.06. The normalized spacial score (nSPS) is 10.0. The summed E-state index contributed by atoms with van der Waals surface area (Å²) in [6.45, 7) is 9.83. The number of rotatable bonds is 6. The summed E-state index contributed by atoms with van der Waals surface area (Å²) < 4.78 is 0. The molecule has 1 rings (SSSR count). The first kappa shape index (κ1) is 12.0. The first-order valence-electron chi connectivity index (χ1n) is 5.14. The number of anilines is 1. The van der Waals surface area contributed by atoms with E-state index in [-0.39, 0.29) is 0 Å². The smallest absolute Gasteiger partial charge is 0.151 e. The van der Waals surface area contributed by atoms with E-state index in [1.54, 1.807) is 11.8 Å². The fourth-order valence-electron chi connectivity index (χ4n) is 1.25. The van der Waals surface area contributed by atoms with Gasteiger partial charge in [-0.1, -0.05) is 6.08 Å². The average Bonchev–Trinajstić information content (AvgIpc) is 2.29. The second kappa shape index (κ2) is 6.45. The van der Waals surface area contributed by atoms with Gasteiger partial charge in [-0.05, 0) is 26.0 Å². The minimum Gasteiger partial charge on any atom is -0.356 e. The predicted octanol–water partition coefficient (Wildman–Crippen LogP) is 2.60. The Morgan fingerprint density at radius 1 is 1.33 bits per heavy atom. The Bertz CT molecular complexity index is 293. The highest BCUT2D eigenvalue weighted by molar-refractivity contribution is 7.99. The van der Waals surface area contributed by atoms with Gasteiger partial charge < -0.3 is 4.90 Å². The van der Waals surface area contributed by atoms with Crippen LogP contribution in [0.3, 0.4) is 0 Å². The van der Waals surface area contributed by atoms with Crippen LogP contribution in [0, 0.1) is 0 Å². The number of thioether (sulfide) groups is 1. The molecule has 1 aromatic rings. The Balaban J connectivity index is 2.66. The van der Waals surface area contributed by atoms with E-state index in [1.165, 1.54) is 0 Å². The van der Waals surface area contributed by atoms with Gasteiger partial charge in [-0.15, -0.1) is 28.5 Å². The first-order chi connectivity index (χ1) is 7.31. The number of hydrogen-bond acceptors (Lipinski definition) is 4. The second-order valence-electron chi connectivity index (χ2n) is 3.00. The van der Waals surface area contributed by atoms with Gasteiger partial charge in [0.1, 0.15) is 5.03 Å². The molecule has 0 spiro atoms. The summed E-state index contributed by atoms with van der Waals surface area (Å²) in [5.74, 6) is 1.82. The molecule has 0 radical (unpaired) electrons. The van der Waals surface area contributed by atoms with Crippen LogP contribution < -0.4 is 4.90 Å². The van der Waals surface area contributed by atoms with Gasteiger partial charge >= 0.3 is 0 Å². The average molecular weight is 223 g/mol.